The van der Waals surface area contributed by atoms with Crippen LogP contribution in [0.2, 0.25) is 0 Å². The zero-order chi connectivity index (χ0) is 27.1. The first-order valence-corrected chi connectivity index (χ1v) is 11.1. The lowest BCUT2D eigenvalue weighted by Crippen LogP contribution is -2.51. The van der Waals surface area contributed by atoms with E-state index < -0.39 is 60.7 Å². The molecule has 9 nitrogen and oxygen atoms in total. The van der Waals surface area contributed by atoms with E-state index in [1.807, 2.05) is 0 Å². The van der Waals surface area contributed by atoms with E-state index in [1.54, 1.807) is 0 Å². The first-order valence-electron chi connectivity index (χ1n) is 11.1. The Morgan fingerprint density at radius 1 is 1.19 bits per heavy atom. The van der Waals surface area contributed by atoms with Crippen molar-refractivity contribution in [2.24, 2.45) is 0 Å². The van der Waals surface area contributed by atoms with Crippen molar-refractivity contribution < 1.29 is 46.6 Å². The predicted molar refractivity (Wildman–Crippen MR) is 119 cm³/mol. The average molecular weight is 523 g/mol. The van der Waals surface area contributed by atoms with E-state index in [2.05, 4.69) is 5.32 Å². The van der Waals surface area contributed by atoms with E-state index in [1.165, 1.54) is 30.3 Å². The molecule has 0 saturated carbocycles. The molecule has 0 aromatic heterocycles. The number of carbonyl (C=O) groups excluding carboxylic acids is 3. The molecular weight excluding hydrogens is 502 g/mol. The van der Waals surface area contributed by atoms with Crippen molar-refractivity contribution >= 4 is 29.7 Å². The van der Waals surface area contributed by atoms with E-state index in [9.17, 15) is 36.7 Å². The molecule has 1 spiro atoms. The highest BCUT2D eigenvalue weighted by molar-refractivity contribution is 6.06. The van der Waals surface area contributed by atoms with E-state index >= 15 is 0 Å². The lowest BCUT2D eigenvalue weighted by molar-refractivity contribution is -0.187. The van der Waals surface area contributed by atoms with Crippen molar-refractivity contribution in [3.63, 3.8) is 0 Å². The molecule has 1 fully saturated rings. The van der Waals surface area contributed by atoms with Crippen molar-refractivity contribution in [1.29, 1.82) is 0 Å². The summed E-state index contributed by atoms with van der Waals surface area (Å²) in [5.41, 5.74) is -0.447. The molecule has 0 radical (unpaired) electrons. The van der Waals surface area contributed by atoms with Gasteiger partial charge in [-0.05, 0) is 48.7 Å². The number of benzene rings is 2. The van der Waals surface area contributed by atoms with Crippen molar-refractivity contribution in [1.82, 2.24) is 9.80 Å². The number of imide groups is 1. The summed E-state index contributed by atoms with van der Waals surface area (Å²) in [4.78, 5) is 50.8. The van der Waals surface area contributed by atoms with Crippen LogP contribution < -0.4 is 5.32 Å². The maximum atomic E-state index is 13.5. The fourth-order valence-electron chi connectivity index (χ4n) is 4.48. The molecule has 37 heavy (non-hydrogen) atoms. The highest BCUT2D eigenvalue weighted by atomic mass is 19.4. The number of nitrogens with zero attached hydrogens (tertiary/aromatic N) is 2. The van der Waals surface area contributed by atoms with Gasteiger partial charge in [0.2, 0.25) is 11.5 Å². The van der Waals surface area contributed by atoms with Crippen molar-refractivity contribution in [2.75, 3.05) is 11.9 Å². The molecule has 1 heterocycles. The number of ether oxygens (including phenoxy) is 1. The largest absolute Gasteiger partial charge is 0.465 e. The number of fused-ring (bicyclic) bond motifs is 2. The molecule has 1 aliphatic carbocycles. The summed E-state index contributed by atoms with van der Waals surface area (Å²) in [6.45, 7) is -0.762. The Labute approximate surface area is 207 Å². The van der Waals surface area contributed by atoms with Gasteiger partial charge in [0.15, 0.2) is 0 Å². The quantitative estimate of drug-likeness (QED) is 0.553. The van der Waals surface area contributed by atoms with Crippen LogP contribution in [0, 0.1) is 5.82 Å². The van der Waals surface area contributed by atoms with Crippen molar-refractivity contribution in [2.45, 2.75) is 44.1 Å². The number of alkyl halides is 3. The fourth-order valence-corrected chi connectivity index (χ4v) is 4.48. The number of hydrogen-bond acceptors (Lipinski definition) is 5. The molecule has 2 atom stereocenters. The third-order valence-electron chi connectivity index (χ3n) is 6.43. The average Bonchev–Trinajstić information content (AvgIpc) is 3.29. The van der Waals surface area contributed by atoms with Gasteiger partial charge in [0.25, 0.3) is 5.91 Å². The second kappa shape index (κ2) is 9.37. The molecule has 2 aromatic rings. The lowest BCUT2D eigenvalue weighted by Gasteiger charge is -2.31. The zero-order valence-corrected chi connectivity index (χ0v) is 19.3. The SMILES string of the molecule is C[C@H](N(Cc1ccc(F)cc1)C(=O)CN1C(=O)O[C@@]2(CCc3cc(NC(=O)O)ccc32)C1=O)C(F)(F)F. The van der Waals surface area contributed by atoms with E-state index in [0.29, 0.717) is 20.9 Å². The zero-order valence-electron chi connectivity index (χ0n) is 19.3. The van der Waals surface area contributed by atoms with Gasteiger partial charge in [0.1, 0.15) is 18.4 Å². The normalized spacial score (nSPS) is 19.5. The highest BCUT2D eigenvalue weighted by Crippen LogP contribution is 2.46. The van der Waals surface area contributed by atoms with Gasteiger partial charge in [-0.3, -0.25) is 14.9 Å². The van der Waals surface area contributed by atoms with Gasteiger partial charge in [-0.15, -0.1) is 0 Å². The molecule has 0 bridgehead atoms. The molecule has 196 valence electrons. The number of amides is 4. The van der Waals surface area contributed by atoms with Crippen LogP contribution >= 0.6 is 0 Å². The monoisotopic (exact) mass is 523 g/mol. The topological polar surface area (TPSA) is 116 Å². The summed E-state index contributed by atoms with van der Waals surface area (Å²) in [6.07, 6.45) is -7.00. The van der Waals surface area contributed by atoms with Crippen LogP contribution in [0.1, 0.15) is 30.0 Å². The number of nitrogens with one attached hydrogen (secondary N) is 1. The Bertz CT molecular complexity index is 1270. The minimum absolute atomic E-state index is 0.0202. The fraction of sp³-hybridized carbons (Fsp3) is 0.333. The molecule has 13 heteroatoms. The Morgan fingerprint density at radius 3 is 2.49 bits per heavy atom. The van der Waals surface area contributed by atoms with Gasteiger partial charge in [-0.2, -0.15) is 13.2 Å². The molecule has 0 unspecified atom stereocenters. The first kappa shape index (κ1) is 25.9. The number of carboxylic acid groups (broad SMARTS) is 1. The maximum Gasteiger partial charge on any atom is 0.418 e. The van der Waals surface area contributed by atoms with Crippen LogP contribution in [0.15, 0.2) is 42.5 Å². The Hall–Kier alpha value is -4.16. The second-order valence-corrected chi connectivity index (χ2v) is 8.75. The highest BCUT2D eigenvalue weighted by Gasteiger charge is 2.58. The van der Waals surface area contributed by atoms with Gasteiger partial charge in [0, 0.05) is 24.2 Å². The van der Waals surface area contributed by atoms with Gasteiger partial charge >= 0.3 is 18.4 Å². The van der Waals surface area contributed by atoms with Gasteiger partial charge < -0.3 is 14.7 Å². The molecule has 2 N–H and O–H groups in total. The summed E-state index contributed by atoms with van der Waals surface area (Å²) in [5, 5.41) is 11.1. The van der Waals surface area contributed by atoms with Crippen LogP contribution in [-0.2, 0) is 32.9 Å². The second-order valence-electron chi connectivity index (χ2n) is 8.75. The maximum absolute atomic E-state index is 13.5. The third-order valence-corrected chi connectivity index (χ3v) is 6.43. The summed E-state index contributed by atoms with van der Waals surface area (Å²) >= 11 is 0. The van der Waals surface area contributed by atoms with Gasteiger partial charge in [-0.1, -0.05) is 18.2 Å². The lowest BCUT2D eigenvalue weighted by atomic mass is 9.94. The number of rotatable bonds is 6. The summed E-state index contributed by atoms with van der Waals surface area (Å²) in [7, 11) is 0. The molecule has 4 rings (SSSR count). The van der Waals surface area contributed by atoms with Crippen LogP contribution in [-0.4, -0.2) is 57.7 Å². The number of aryl methyl sites for hydroxylation is 1. The molecule has 2 aromatic carbocycles. The smallest absolute Gasteiger partial charge is 0.418 e. The predicted octanol–water partition coefficient (Wildman–Crippen LogP) is 4.02. The number of anilines is 1. The standard InChI is InChI=1S/C24H21F4N3O6/c1-13(24(26,27)28)30(11-14-2-4-16(25)5-3-14)19(32)12-31-20(33)23(37-22(31)36)9-8-15-10-17(29-21(34)35)6-7-18(15)23/h2-7,10,13,29H,8-9,11-12H2,1H3,(H,34,35)/t13-,23+/m0/s1. The van der Waals surface area contributed by atoms with E-state index in [4.69, 9.17) is 9.84 Å². The summed E-state index contributed by atoms with van der Waals surface area (Å²) in [5.74, 6) is -2.66. The third kappa shape index (κ3) is 4.93. The Morgan fingerprint density at radius 2 is 1.86 bits per heavy atom. The number of hydrogen-bond donors (Lipinski definition) is 2. The van der Waals surface area contributed by atoms with Crippen LogP contribution in [0.4, 0.5) is 32.8 Å². The minimum Gasteiger partial charge on any atom is -0.465 e. The molecular formula is C24H21F4N3O6. The molecule has 1 saturated heterocycles. The minimum atomic E-state index is -4.81. The number of halogens is 4. The van der Waals surface area contributed by atoms with E-state index in [0.717, 1.165) is 19.1 Å². The Balaban J connectivity index is 1.57. The van der Waals surface area contributed by atoms with E-state index in [-0.39, 0.29) is 24.1 Å². The molecule has 4 amide bonds. The number of carbonyl (C=O) groups is 4. The molecule has 2 aliphatic rings. The Kier molecular flexibility index (Phi) is 6.57. The van der Waals surface area contributed by atoms with Gasteiger partial charge in [0.05, 0.1) is 0 Å². The summed E-state index contributed by atoms with van der Waals surface area (Å²) < 4.78 is 59.2. The van der Waals surface area contributed by atoms with Crippen molar-refractivity contribution in [3.05, 3.63) is 65.0 Å². The first-order chi connectivity index (χ1) is 17.3. The van der Waals surface area contributed by atoms with Crippen molar-refractivity contribution in [3.8, 4) is 0 Å². The van der Waals surface area contributed by atoms with Crippen LogP contribution in [0.25, 0.3) is 0 Å². The summed E-state index contributed by atoms with van der Waals surface area (Å²) in [6, 6.07) is 6.56. The van der Waals surface area contributed by atoms with Gasteiger partial charge in [-0.25, -0.2) is 18.9 Å². The van der Waals surface area contributed by atoms with Crippen LogP contribution in [0.5, 0.6) is 0 Å². The molecule has 1 aliphatic heterocycles. The van der Waals surface area contributed by atoms with Crippen LogP contribution in [0.3, 0.4) is 0 Å².